The number of hydrogen-bond donors (Lipinski definition) is 3. The van der Waals surface area contributed by atoms with Gasteiger partial charge in [-0.3, -0.25) is 19.9 Å². The number of furan rings is 1. The molecule has 1 unspecified atom stereocenters. The summed E-state index contributed by atoms with van der Waals surface area (Å²) < 4.78 is 10.9. The predicted octanol–water partition coefficient (Wildman–Crippen LogP) is -0.862. The average Bonchev–Trinajstić information content (AvgIpc) is 2.86. The largest absolute Gasteiger partial charge is 0.464 e. The van der Waals surface area contributed by atoms with E-state index in [2.05, 4.69) is 10.7 Å². The first-order chi connectivity index (χ1) is 10.1. The van der Waals surface area contributed by atoms with Gasteiger partial charge in [0, 0.05) is 13.6 Å². The van der Waals surface area contributed by atoms with Crippen LogP contribution in [-0.2, 0) is 16.1 Å². The zero-order valence-electron chi connectivity index (χ0n) is 12.1. The number of carbonyl (C=O) groups excluding carboxylic acids is 2. The number of hydrogen-bond acceptors (Lipinski definition) is 6. The molecule has 1 aliphatic rings. The quantitative estimate of drug-likeness (QED) is 0.379. The van der Waals surface area contributed by atoms with Gasteiger partial charge in [0.05, 0.1) is 25.3 Å². The summed E-state index contributed by atoms with van der Waals surface area (Å²) in [5.74, 6) is 5.74. The van der Waals surface area contributed by atoms with Gasteiger partial charge in [-0.25, -0.2) is 5.84 Å². The Morgan fingerprint density at radius 3 is 2.95 bits per heavy atom. The van der Waals surface area contributed by atoms with Crippen molar-refractivity contribution < 1.29 is 18.7 Å². The van der Waals surface area contributed by atoms with Crippen molar-refractivity contribution >= 4 is 11.8 Å². The summed E-state index contributed by atoms with van der Waals surface area (Å²) in [5.41, 5.74) is 2.48. The highest BCUT2D eigenvalue weighted by molar-refractivity contribution is 5.94. The smallest absolute Gasteiger partial charge is 0.268 e. The van der Waals surface area contributed by atoms with Gasteiger partial charge in [0.1, 0.15) is 17.6 Å². The maximum atomic E-state index is 11.9. The van der Waals surface area contributed by atoms with E-state index in [1.807, 2.05) is 4.90 Å². The summed E-state index contributed by atoms with van der Waals surface area (Å²) in [6, 6.07) is 1.29. The van der Waals surface area contributed by atoms with Crippen LogP contribution in [-0.4, -0.2) is 49.6 Å². The number of nitrogens with two attached hydrogens (primary N) is 1. The second-order valence-electron chi connectivity index (χ2n) is 4.83. The molecule has 0 aromatic carbocycles. The first-order valence-electron chi connectivity index (χ1n) is 6.70. The molecule has 2 heterocycles. The first kappa shape index (κ1) is 15.5. The molecule has 0 radical (unpaired) electrons. The van der Waals surface area contributed by atoms with E-state index in [1.54, 1.807) is 20.0 Å². The fourth-order valence-electron chi connectivity index (χ4n) is 2.36. The maximum Gasteiger partial charge on any atom is 0.268 e. The van der Waals surface area contributed by atoms with Crippen molar-refractivity contribution in [3.8, 4) is 0 Å². The van der Waals surface area contributed by atoms with Gasteiger partial charge in [-0.15, -0.1) is 0 Å². The van der Waals surface area contributed by atoms with Crippen LogP contribution in [0.15, 0.2) is 10.5 Å². The summed E-state index contributed by atoms with van der Waals surface area (Å²) >= 11 is 0. The molecular weight excluding hydrogens is 276 g/mol. The molecule has 0 spiro atoms. The van der Waals surface area contributed by atoms with Gasteiger partial charge >= 0.3 is 0 Å². The van der Waals surface area contributed by atoms with E-state index in [-0.39, 0.29) is 11.9 Å². The van der Waals surface area contributed by atoms with Gasteiger partial charge in [-0.1, -0.05) is 0 Å². The van der Waals surface area contributed by atoms with Crippen molar-refractivity contribution in [2.45, 2.75) is 19.5 Å². The lowest BCUT2D eigenvalue weighted by molar-refractivity contribution is -0.132. The van der Waals surface area contributed by atoms with Crippen LogP contribution < -0.4 is 16.6 Å². The molecular formula is C13H20N4O4. The molecule has 1 aliphatic heterocycles. The summed E-state index contributed by atoms with van der Waals surface area (Å²) in [7, 11) is 1.59. The summed E-state index contributed by atoms with van der Waals surface area (Å²) in [6.07, 6.45) is 0. The van der Waals surface area contributed by atoms with Gasteiger partial charge in [-0.2, -0.15) is 0 Å². The van der Waals surface area contributed by atoms with E-state index in [4.69, 9.17) is 15.0 Å². The average molecular weight is 296 g/mol. The Hall–Kier alpha value is -1.90. The number of nitrogens with zero attached hydrogens (tertiary/aromatic N) is 1. The third-order valence-electron chi connectivity index (χ3n) is 3.49. The van der Waals surface area contributed by atoms with Gasteiger partial charge < -0.3 is 14.5 Å². The lowest BCUT2D eigenvalue weighted by Crippen LogP contribution is -2.52. The van der Waals surface area contributed by atoms with Gasteiger partial charge in [-0.05, 0) is 13.0 Å². The second kappa shape index (κ2) is 6.70. The minimum atomic E-state index is -0.396. The number of ether oxygens (including phenoxy) is 1. The highest BCUT2D eigenvalue weighted by Gasteiger charge is 2.29. The molecule has 21 heavy (non-hydrogen) atoms. The normalized spacial score (nSPS) is 19.3. The molecule has 0 aliphatic carbocycles. The highest BCUT2D eigenvalue weighted by atomic mass is 16.5. The van der Waals surface area contributed by atoms with Gasteiger partial charge in [0.2, 0.25) is 5.91 Å². The lowest BCUT2D eigenvalue weighted by Gasteiger charge is -2.33. The van der Waals surface area contributed by atoms with E-state index in [0.717, 1.165) is 0 Å². The third kappa shape index (κ3) is 3.41. The molecule has 0 saturated carbocycles. The fraction of sp³-hybridized carbons (Fsp3) is 0.538. The fourth-order valence-corrected chi connectivity index (χ4v) is 2.36. The maximum absolute atomic E-state index is 11.9. The molecule has 1 saturated heterocycles. The summed E-state index contributed by atoms with van der Waals surface area (Å²) in [6.45, 7) is 3.65. The molecule has 1 atom stereocenters. The topological polar surface area (TPSA) is 110 Å². The zero-order chi connectivity index (χ0) is 15.4. The standard InChI is InChI=1S/C13H20N4O4/c1-8-10(12(18)16-14)5-9(21-8)6-17-3-4-20-7-11(17)13(19)15-2/h5,11H,3-4,6-7,14H2,1-2H3,(H,15,19)(H,16,18). The molecule has 1 aromatic heterocycles. The van der Waals surface area contributed by atoms with Crippen molar-refractivity contribution in [2.24, 2.45) is 5.84 Å². The van der Waals surface area contributed by atoms with E-state index >= 15 is 0 Å². The SMILES string of the molecule is CNC(=O)C1COCCN1Cc1cc(C(=O)NN)c(C)o1. The third-order valence-corrected chi connectivity index (χ3v) is 3.49. The summed E-state index contributed by atoms with van der Waals surface area (Å²) in [4.78, 5) is 25.4. The second-order valence-corrected chi connectivity index (χ2v) is 4.83. The molecule has 2 amide bonds. The monoisotopic (exact) mass is 296 g/mol. The molecule has 1 aromatic rings. The van der Waals surface area contributed by atoms with E-state index in [9.17, 15) is 9.59 Å². The van der Waals surface area contributed by atoms with Crippen molar-refractivity contribution in [1.29, 1.82) is 0 Å². The van der Waals surface area contributed by atoms with Crippen LogP contribution in [0.25, 0.3) is 0 Å². The number of hydrazine groups is 1. The van der Waals surface area contributed by atoms with Crippen LogP contribution in [0.2, 0.25) is 0 Å². The number of rotatable bonds is 4. The number of morpholine rings is 1. The Labute approximate surface area is 122 Å². The van der Waals surface area contributed by atoms with Gasteiger partial charge in [0.15, 0.2) is 0 Å². The molecule has 8 heteroatoms. The Bertz CT molecular complexity index is 528. The predicted molar refractivity (Wildman–Crippen MR) is 74.2 cm³/mol. The zero-order valence-corrected chi connectivity index (χ0v) is 12.1. The molecule has 2 rings (SSSR count). The Morgan fingerprint density at radius 2 is 2.29 bits per heavy atom. The molecule has 1 fully saturated rings. The van der Waals surface area contributed by atoms with Gasteiger partial charge in [0.25, 0.3) is 5.91 Å². The van der Waals surface area contributed by atoms with Crippen LogP contribution in [0.5, 0.6) is 0 Å². The number of likely N-dealkylation sites (N-methyl/N-ethyl adjacent to an activating group) is 1. The Balaban J connectivity index is 2.12. The lowest BCUT2D eigenvalue weighted by atomic mass is 10.2. The molecule has 4 N–H and O–H groups in total. The van der Waals surface area contributed by atoms with Crippen LogP contribution in [0.3, 0.4) is 0 Å². The van der Waals surface area contributed by atoms with Crippen molar-refractivity contribution in [1.82, 2.24) is 15.6 Å². The minimum absolute atomic E-state index is 0.0992. The highest BCUT2D eigenvalue weighted by Crippen LogP contribution is 2.18. The minimum Gasteiger partial charge on any atom is -0.464 e. The van der Waals surface area contributed by atoms with Crippen LogP contribution in [0.4, 0.5) is 0 Å². The molecule has 116 valence electrons. The van der Waals surface area contributed by atoms with Crippen molar-refractivity contribution in [3.05, 3.63) is 23.2 Å². The van der Waals surface area contributed by atoms with E-state index in [0.29, 0.717) is 43.4 Å². The van der Waals surface area contributed by atoms with E-state index in [1.165, 1.54) is 0 Å². The summed E-state index contributed by atoms with van der Waals surface area (Å²) in [5, 5.41) is 2.62. The number of aryl methyl sites for hydroxylation is 1. The van der Waals surface area contributed by atoms with Crippen LogP contribution in [0, 0.1) is 6.92 Å². The molecule has 8 nitrogen and oxygen atoms in total. The number of amides is 2. The van der Waals surface area contributed by atoms with Crippen molar-refractivity contribution in [2.75, 3.05) is 26.8 Å². The number of nitrogens with one attached hydrogen (secondary N) is 2. The van der Waals surface area contributed by atoms with Crippen LogP contribution >= 0.6 is 0 Å². The Kier molecular flexibility index (Phi) is 4.94. The number of carbonyl (C=O) groups is 2. The first-order valence-corrected chi connectivity index (χ1v) is 6.70. The number of nitrogen functional groups attached to an aromatic ring is 1. The Morgan fingerprint density at radius 1 is 1.52 bits per heavy atom. The van der Waals surface area contributed by atoms with Crippen molar-refractivity contribution in [3.63, 3.8) is 0 Å². The van der Waals surface area contributed by atoms with E-state index < -0.39 is 5.91 Å². The molecule has 0 bridgehead atoms. The van der Waals surface area contributed by atoms with Crippen LogP contribution in [0.1, 0.15) is 21.9 Å².